The first-order chi connectivity index (χ1) is 8.72. The molecular formula is C13H19N3O2. The predicted octanol–water partition coefficient (Wildman–Crippen LogP) is 1.37. The van der Waals surface area contributed by atoms with Gasteiger partial charge in [-0.15, -0.1) is 0 Å². The van der Waals surface area contributed by atoms with Gasteiger partial charge in [0.25, 0.3) is 5.91 Å². The van der Waals surface area contributed by atoms with Crippen LogP contribution in [0.25, 0.3) is 0 Å². The quantitative estimate of drug-likeness (QED) is 0.875. The van der Waals surface area contributed by atoms with Crippen LogP contribution in [0.2, 0.25) is 0 Å². The van der Waals surface area contributed by atoms with Gasteiger partial charge in [-0.05, 0) is 25.5 Å². The maximum Gasteiger partial charge on any atom is 0.255 e. The number of aromatic nitrogens is 1. The van der Waals surface area contributed by atoms with Crippen molar-refractivity contribution in [1.82, 2.24) is 9.88 Å². The molecule has 1 aliphatic heterocycles. The zero-order valence-corrected chi connectivity index (χ0v) is 10.8. The van der Waals surface area contributed by atoms with Crippen molar-refractivity contribution in [1.29, 1.82) is 0 Å². The average molecular weight is 249 g/mol. The topological polar surface area (TPSA) is 54.5 Å². The van der Waals surface area contributed by atoms with Gasteiger partial charge in [0.05, 0.1) is 18.2 Å². The van der Waals surface area contributed by atoms with Crippen molar-refractivity contribution < 1.29 is 9.53 Å². The molecule has 1 fully saturated rings. The summed E-state index contributed by atoms with van der Waals surface area (Å²) in [6, 6.07) is 3.82. The van der Waals surface area contributed by atoms with Crippen molar-refractivity contribution in [2.24, 2.45) is 0 Å². The molecule has 0 spiro atoms. The Morgan fingerprint density at radius 3 is 3.00 bits per heavy atom. The summed E-state index contributed by atoms with van der Waals surface area (Å²) in [6.45, 7) is 4.19. The summed E-state index contributed by atoms with van der Waals surface area (Å²) >= 11 is 0. The van der Waals surface area contributed by atoms with Crippen LogP contribution in [-0.2, 0) is 4.74 Å². The molecule has 1 amide bonds. The van der Waals surface area contributed by atoms with Crippen molar-refractivity contribution in [3.63, 3.8) is 0 Å². The maximum absolute atomic E-state index is 12.2. The smallest absolute Gasteiger partial charge is 0.255 e. The van der Waals surface area contributed by atoms with Crippen molar-refractivity contribution in [3.8, 4) is 0 Å². The predicted molar refractivity (Wildman–Crippen MR) is 69.7 cm³/mol. The number of anilines is 1. The number of pyridine rings is 1. The van der Waals surface area contributed by atoms with Gasteiger partial charge < -0.3 is 15.0 Å². The molecule has 1 aromatic rings. The van der Waals surface area contributed by atoms with E-state index in [2.05, 4.69) is 10.3 Å². The molecule has 5 nitrogen and oxygen atoms in total. The van der Waals surface area contributed by atoms with Crippen molar-refractivity contribution in [2.45, 2.75) is 19.4 Å². The first kappa shape index (κ1) is 12.8. The molecule has 1 N–H and O–H groups in total. The second-order valence-corrected chi connectivity index (χ2v) is 4.40. The standard InChI is InChI=1S/C13H19N3O2/c1-3-14-12-5-4-10(8-15-12)13(17)16(2)11-6-7-18-9-11/h4-5,8,11H,3,6-7,9H2,1-2H3,(H,14,15). The third-order valence-electron chi connectivity index (χ3n) is 3.14. The molecule has 5 heteroatoms. The Morgan fingerprint density at radius 1 is 1.61 bits per heavy atom. The highest BCUT2D eigenvalue weighted by Crippen LogP contribution is 2.14. The number of carbonyl (C=O) groups excluding carboxylic acids is 1. The van der Waals surface area contributed by atoms with Gasteiger partial charge in [-0.3, -0.25) is 4.79 Å². The number of nitrogens with one attached hydrogen (secondary N) is 1. The molecule has 0 saturated carbocycles. The van der Waals surface area contributed by atoms with E-state index in [1.54, 1.807) is 17.2 Å². The highest BCUT2D eigenvalue weighted by atomic mass is 16.5. The lowest BCUT2D eigenvalue weighted by molar-refractivity contribution is 0.0711. The molecule has 2 rings (SSSR count). The van der Waals surface area contributed by atoms with Gasteiger partial charge in [0, 0.05) is 26.4 Å². The summed E-state index contributed by atoms with van der Waals surface area (Å²) in [5.41, 5.74) is 0.617. The van der Waals surface area contributed by atoms with Crippen LogP contribution in [-0.4, -0.2) is 48.6 Å². The van der Waals surface area contributed by atoms with Gasteiger partial charge in [0.1, 0.15) is 5.82 Å². The van der Waals surface area contributed by atoms with Crippen LogP contribution in [0.1, 0.15) is 23.7 Å². The molecule has 1 aliphatic rings. The molecular weight excluding hydrogens is 230 g/mol. The minimum absolute atomic E-state index is 0.000971. The minimum atomic E-state index is 0.000971. The summed E-state index contributed by atoms with van der Waals surface area (Å²) in [5.74, 6) is 0.793. The maximum atomic E-state index is 12.2. The van der Waals surface area contributed by atoms with Crippen LogP contribution in [0.5, 0.6) is 0 Å². The number of amides is 1. The third-order valence-corrected chi connectivity index (χ3v) is 3.14. The van der Waals surface area contributed by atoms with Crippen LogP contribution in [0.3, 0.4) is 0 Å². The molecule has 1 atom stereocenters. The SMILES string of the molecule is CCNc1ccc(C(=O)N(C)C2CCOC2)cn1. The first-order valence-electron chi connectivity index (χ1n) is 6.27. The lowest BCUT2D eigenvalue weighted by atomic mass is 10.2. The lowest BCUT2D eigenvalue weighted by Crippen LogP contribution is -2.37. The van der Waals surface area contributed by atoms with Crippen LogP contribution in [0.15, 0.2) is 18.3 Å². The van der Waals surface area contributed by atoms with Gasteiger partial charge >= 0.3 is 0 Å². The fraction of sp³-hybridized carbons (Fsp3) is 0.538. The summed E-state index contributed by atoms with van der Waals surface area (Å²) in [5, 5.41) is 3.10. The molecule has 98 valence electrons. The summed E-state index contributed by atoms with van der Waals surface area (Å²) in [4.78, 5) is 18.2. The number of ether oxygens (including phenoxy) is 1. The Balaban J connectivity index is 2.03. The molecule has 18 heavy (non-hydrogen) atoms. The molecule has 1 saturated heterocycles. The van der Waals surface area contributed by atoms with Gasteiger partial charge in [0.2, 0.25) is 0 Å². The fourth-order valence-corrected chi connectivity index (χ4v) is 2.00. The van der Waals surface area contributed by atoms with E-state index in [0.29, 0.717) is 12.2 Å². The molecule has 1 aromatic heterocycles. The van der Waals surface area contributed by atoms with E-state index in [-0.39, 0.29) is 11.9 Å². The second-order valence-electron chi connectivity index (χ2n) is 4.40. The average Bonchev–Trinajstić information content (AvgIpc) is 2.92. The highest BCUT2D eigenvalue weighted by Gasteiger charge is 2.24. The number of hydrogen-bond acceptors (Lipinski definition) is 4. The highest BCUT2D eigenvalue weighted by molar-refractivity contribution is 5.94. The molecule has 0 aliphatic carbocycles. The van der Waals surface area contributed by atoms with E-state index in [4.69, 9.17) is 4.74 Å². The number of hydrogen-bond donors (Lipinski definition) is 1. The van der Waals surface area contributed by atoms with Crippen LogP contribution < -0.4 is 5.32 Å². The number of nitrogens with zero attached hydrogens (tertiary/aromatic N) is 2. The van der Waals surface area contributed by atoms with E-state index in [1.165, 1.54) is 0 Å². The Kier molecular flexibility index (Phi) is 4.15. The van der Waals surface area contributed by atoms with E-state index in [9.17, 15) is 4.79 Å². The molecule has 0 bridgehead atoms. The Morgan fingerprint density at radius 2 is 2.44 bits per heavy atom. The van der Waals surface area contributed by atoms with Crippen LogP contribution in [0.4, 0.5) is 5.82 Å². The third kappa shape index (κ3) is 2.79. The van der Waals surface area contributed by atoms with E-state index in [1.807, 2.05) is 20.0 Å². The molecule has 0 radical (unpaired) electrons. The normalized spacial score (nSPS) is 18.7. The molecule has 0 aromatic carbocycles. The van der Waals surface area contributed by atoms with E-state index in [0.717, 1.165) is 25.4 Å². The summed E-state index contributed by atoms with van der Waals surface area (Å²) in [6.07, 6.45) is 2.53. The van der Waals surface area contributed by atoms with Gasteiger partial charge in [-0.2, -0.15) is 0 Å². The lowest BCUT2D eigenvalue weighted by Gasteiger charge is -2.23. The number of carbonyl (C=O) groups is 1. The first-order valence-corrected chi connectivity index (χ1v) is 6.27. The zero-order chi connectivity index (χ0) is 13.0. The van der Waals surface area contributed by atoms with Gasteiger partial charge in [0.15, 0.2) is 0 Å². The van der Waals surface area contributed by atoms with E-state index >= 15 is 0 Å². The molecule has 1 unspecified atom stereocenters. The Bertz CT molecular complexity index is 399. The zero-order valence-electron chi connectivity index (χ0n) is 10.8. The van der Waals surface area contributed by atoms with Crippen molar-refractivity contribution >= 4 is 11.7 Å². The van der Waals surface area contributed by atoms with Gasteiger partial charge in [-0.1, -0.05) is 0 Å². The summed E-state index contributed by atoms with van der Waals surface area (Å²) in [7, 11) is 1.82. The Hall–Kier alpha value is -1.62. The van der Waals surface area contributed by atoms with Crippen molar-refractivity contribution in [2.75, 3.05) is 32.1 Å². The largest absolute Gasteiger partial charge is 0.379 e. The Labute approximate surface area is 107 Å². The summed E-state index contributed by atoms with van der Waals surface area (Å²) < 4.78 is 5.30. The number of likely N-dealkylation sites (N-methyl/N-ethyl adjacent to an activating group) is 1. The van der Waals surface area contributed by atoms with Gasteiger partial charge in [-0.25, -0.2) is 4.98 Å². The number of rotatable bonds is 4. The fourth-order valence-electron chi connectivity index (χ4n) is 2.00. The van der Waals surface area contributed by atoms with E-state index < -0.39 is 0 Å². The van der Waals surface area contributed by atoms with Crippen molar-refractivity contribution in [3.05, 3.63) is 23.9 Å². The second kappa shape index (κ2) is 5.82. The van der Waals surface area contributed by atoms with Crippen LogP contribution in [0, 0.1) is 0 Å². The minimum Gasteiger partial charge on any atom is -0.379 e. The monoisotopic (exact) mass is 249 g/mol. The van der Waals surface area contributed by atoms with Crippen LogP contribution >= 0.6 is 0 Å². The molecule has 2 heterocycles.